The Bertz CT molecular complexity index is 3160. The normalized spacial score (nSPS) is 11.8. The first-order valence-electron chi connectivity index (χ1n) is 17.7. The van der Waals surface area contributed by atoms with Crippen molar-refractivity contribution < 1.29 is 0 Å². The van der Waals surface area contributed by atoms with Crippen LogP contribution in [0.5, 0.6) is 0 Å². The molecule has 0 N–H and O–H groups in total. The van der Waals surface area contributed by atoms with Crippen LogP contribution in [0.15, 0.2) is 182 Å². The van der Waals surface area contributed by atoms with Crippen molar-refractivity contribution in [2.45, 2.75) is 0 Å². The molecule has 4 heteroatoms. The Hall–Kier alpha value is -7.04. The molecule has 8 aromatic carbocycles. The van der Waals surface area contributed by atoms with Crippen LogP contribution in [0.25, 0.3) is 99.2 Å². The van der Waals surface area contributed by atoms with E-state index in [1.54, 1.807) is 0 Å². The van der Waals surface area contributed by atoms with Gasteiger partial charge in [-0.2, -0.15) is 0 Å². The van der Waals surface area contributed by atoms with E-state index in [0.29, 0.717) is 5.82 Å². The van der Waals surface area contributed by atoms with E-state index in [4.69, 9.17) is 9.97 Å². The molecule has 0 spiro atoms. The highest BCUT2D eigenvalue weighted by Crippen LogP contribution is 2.45. The minimum absolute atomic E-state index is 0.701. The maximum absolute atomic E-state index is 5.34. The first kappa shape index (κ1) is 28.8. The second kappa shape index (κ2) is 11.2. The number of hydrogen-bond acceptors (Lipinski definition) is 2. The van der Waals surface area contributed by atoms with Gasteiger partial charge < -0.3 is 9.13 Å². The van der Waals surface area contributed by atoms with Crippen LogP contribution < -0.4 is 0 Å². The van der Waals surface area contributed by atoms with Gasteiger partial charge in [0.1, 0.15) is 0 Å². The third-order valence-corrected chi connectivity index (χ3v) is 10.5. The molecule has 0 aliphatic carbocycles. The highest BCUT2D eigenvalue weighted by Gasteiger charge is 2.24. The van der Waals surface area contributed by atoms with E-state index in [1.807, 2.05) is 24.4 Å². The monoisotopic (exact) mass is 662 g/mol. The molecule has 0 saturated carbocycles. The molecule has 0 saturated heterocycles. The van der Waals surface area contributed by atoms with Crippen molar-refractivity contribution in [3.8, 4) is 34.0 Å². The Kier molecular flexibility index (Phi) is 6.22. The summed E-state index contributed by atoms with van der Waals surface area (Å²) in [6, 6.07) is 62.7. The summed E-state index contributed by atoms with van der Waals surface area (Å²) in [4.78, 5) is 10.4. The fourth-order valence-electron chi connectivity index (χ4n) is 8.24. The van der Waals surface area contributed by atoms with Crippen LogP contribution in [0.1, 0.15) is 0 Å². The van der Waals surface area contributed by atoms with Crippen molar-refractivity contribution >= 4 is 65.2 Å². The fraction of sp³-hybridized carbons (Fsp3) is 0. The van der Waals surface area contributed by atoms with Crippen molar-refractivity contribution in [1.82, 2.24) is 19.1 Å². The lowest BCUT2D eigenvalue weighted by atomic mass is 10.0. The van der Waals surface area contributed by atoms with E-state index < -0.39 is 0 Å². The minimum Gasteiger partial charge on any atom is -0.309 e. The van der Waals surface area contributed by atoms with Crippen molar-refractivity contribution in [3.05, 3.63) is 182 Å². The molecule has 0 bridgehead atoms. The maximum Gasteiger partial charge on any atom is 0.159 e. The molecule has 52 heavy (non-hydrogen) atoms. The molecule has 0 amide bonds. The van der Waals surface area contributed by atoms with Crippen molar-refractivity contribution in [2.24, 2.45) is 0 Å². The molecule has 3 aromatic heterocycles. The molecule has 0 radical (unpaired) electrons. The summed E-state index contributed by atoms with van der Waals surface area (Å²) in [5.74, 6) is 0.701. The van der Waals surface area contributed by atoms with Gasteiger partial charge in [0.05, 0.1) is 39.6 Å². The van der Waals surface area contributed by atoms with Crippen molar-refractivity contribution in [3.63, 3.8) is 0 Å². The average molecular weight is 663 g/mol. The summed E-state index contributed by atoms with van der Waals surface area (Å²) in [5.41, 5.74) is 9.57. The maximum atomic E-state index is 5.34. The molecule has 11 aromatic rings. The zero-order valence-corrected chi connectivity index (χ0v) is 28.1. The number of aromatic nitrogens is 4. The molecule has 242 valence electrons. The van der Waals surface area contributed by atoms with E-state index >= 15 is 0 Å². The van der Waals surface area contributed by atoms with Gasteiger partial charge in [0.15, 0.2) is 5.82 Å². The number of benzene rings is 8. The van der Waals surface area contributed by atoms with Crippen LogP contribution >= 0.6 is 0 Å². The highest BCUT2D eigenvalue weighted by atomic mass is 15.0. The van der Waals surface area contributed by atoms with Gasteiger partial charge in [-0.15, -0.1) is 0 Å². The van der Waals surface area contributed by atoms with Crippen molar-refractivity contribution in [2.75, 3.05) is 0 Å². The fourth-order valence-corrected chi connectivity index (χ4v) is 8.24. The van der Waals surface area contributed by atoms with Crippen LogP contribution in [0.3, 0.4) is 0 Å². The molecule has 3 heterocycles. The molecule has 0 atom stereocenters. The molecular formula is C48H30N4. The van der Waals surface area contributed by atoms with Crippen LogP contribution in [-0.2, 0) is 0 Å². The topological polar surface area (TPSA) is 35.6 Å². The Labute approximate surface area is 299 Å². The molecule has 11 rings (SSSR count). The molecule has 0 aliphatic heterocycles. The zero-order valence-electron chi connectivity index (χ0n) is 28.1. The number of nitrogens with zero attached hydrogens (tertiary/aromatic N) is 4. The first-order valence-corrected chi connectivity index (χ1v) is 17.7. The summed E-state index contributed by atoms with van der Waals surface area (Å²) in [7, 11) is 0. The largest absolute Gasteiger partial charge is 0.309 e. The second-order valence-corrected chi connectivity index (χ2v) is 13.4. The molecule has 0 unspecified atom stereocenters. The lowest BCUT2D eigenvalue weighted by Gasteiger charge is -2.15. The number of fused-ring (bicyclic) bond motifs is 10. The van der Waals surface area contributed by atoms with Gasteiger partial charge in [-0.1, -0.05) is 140 Å². The SMILES string of the molecule is c1ccc(-c2ncc(-n3c4ccc5ccccc5c4c4ccc5c(c6cc7ccccc7cc6n5-c5ccccc5)c43)c(-c3ccccc3)n2)cc1. The third kappa shape index (κ3) is 4.21. The molecule has 4 nitrogen and oxygen atoms in total. The zero-order chi connectivity index (χ0) is 34.2. The Morgan fingerprint density at radius 2 is 1.02 bits per heavy atom. The third-order valence-electron chi connectivity index (χ3n) is 10.5. The van der Waals surface area contributed by atoms with Crippen LogP contribution in [0, 0.1) is 0 Å². The van der Waals surface area contributed by atoms with Gasteiger partial charge in [0.25, 0.3) is 0 Å². The Morgan fingerprint density at radius 3 is 1.79 bits per heavy atom. The summed E-state index contributed by atoms with van der Waals surface area (Å²) in [6.07, 6.45) is 2.02. The van der Waals surface area contributed by atoms with Gasteiger partial charge in [-0.05, 0) is 57.9 Å². The quantitative estimate of drug-likeness (QED) is 0.188. The smallest absolute Gasteiger partial charge is 0.159 e. The summed E-state index contributed by atoms with van der Waals surface area (Å²) >= 11 is 0. The van der Waals surface area contributed by atoms with Gasteiger partial charge in [-0.25, -0.2) is 9.97 Å². The van der Waals surface area contributed by atoms with Gasteiger partial charge in [0, 0.05) is 38.4 Å². The minimum atomic E-state index is 0.701. The van der Waals surface area contributed by atoms with Crippen LogP contribution in [-0.4, -0.2) is 19.1 Å². The number of hydrogen-bond donors (Lipinski definition) is 0. The van der Waals surface area contributed by atoms with Crippen molar-refractivity contribution in [1.29, 1.82) is 0 Å². The van der Waals surface area contributed by atoms with E-state index in [2.05, 4.69) is 167 Å². The number of rotatable bonds is 4. The van der Waals surface area contributed by atoms with Gasteiger partial charge in [-0.3, -0.25) is 0 Å². The van der Waals surface area contributed by atoms with E-state index in [-0.39, 0.29) is 0 Å². The van der Waals surface area contributed by atoms with E-state index in [0.717, 1.165) is 44.7 Å². The van der Waals surface area contributed by atoms with Gasteiger partial charge >= 0.3 is 0 Å². The van der Waals surface area contributed by atoms with E-state index in [1.165, 1.54) is 48.6 Å². The van der Waals surface area contributed by atoms with Crippen LogP contribution in [0.4, 0.5) is 0 Å². The second-order valence-electron chi connectivity index (χ2n) is 13.4. The first-order chi connectivity index (χ1) is 25.8. The van der Waals surface area contributed by atoms with Gasteiger partial charge in [0.2, 0.25) is 0 Å². The molecule has 0 aliphatic rings. The lowest BCUT2D eigenvalue weighted by molar-refractivity contribution is 1.09. The molecule has 0 fully saturated rings. The summed E-state index contributed by atoms with van der Waals surface area (Å²) in [5, 5.41) is 9.71. The summed E-state index contributed by atoms with van der Waals surface area (Å²) in [6.45, 7) is 0. The lowest BCUT2D eigenvalue weighted by Crippen LogP contribution is -2.03. The predicted octanol–water partition coefficient (Wildman–Crippen LogP) is 12.3. The Balaban J connectivity index is 1.37. The van der Waals surface area contributed by atoms with Crippen LogP contribution in [0.2, 0.25) is 0 Å². The van der Waals surface area contributed by atoms with E-state index in [9.17, 15) is 0 Å². The average Bonchev–Trinajstić information content (AvgIpc) is 3.73. The Morgan fingerprint density at radius 1 is 0.404 bits per heavy atom. The summed E-state index contributed by atoms with van der Waals surface area (Å²) < 4.78 is 4.85. The predicted molar refractivity (Wildman–Crippen MR) is 217 cm³/mol. The number of para-hydroxylation sites is 1. The standard InChI is InChI=1S/C48H30N4/c1-4-15-32(16-5-1)46-43(30-49-48(50-46)33-17-6-2-7-18-33)52-40-26-24-31-14-12-13-23-37(31)44(40)38-25-27-41-45(47(38)52)39-28-34-19-10-11-20-35(34)29-42(39)51(41)36-21-8-3-9-22-36/h1-30H. The highest BCUT2D eigenvalue weighted by molar-refractivity contribution is 6.31. The molecular weight excluding hydrogens is 633 g/mol.